The molecule has 6 heteroatoms. The fourth-order valence-electron chi connectivity index (χ4n) is 3.71. The van der Waals surface area contributed by atoms with E-state index in [0.717, 1.165) is 40.3 Å². The Morgan fingerprint density at radius 1 is 1.25 bits per heavy atom. The summed E-state index contributed by atoms with van der Waals surface area (Å²) in [5, 5.41) is 5.80. The summed E-state index contributed by atoms with van der Waals surface area (Å²) < 4.78 is 11.6. The lowest BCUT2D eigenvalue weighted by molar-refractivity contribution is -0.116. The van der Waals surface area contributed by atoms with Crippen molar-refractivity contribution in [3.8, 4) is 11.5 Å². The van der Waals surface area contributed by atoms with Gasteiger partial charge in [-0.2, -0.15) is 0 Å². The van der Waals surface area contributed by atoms with E-state index in [1.165, 1.54) is 0 Å². The van der Waals surface area contributed by atoms with Crippen LogP contribution in [0.15, 0.2) is 30.3 Å². The van der Waals surface area contributed by atoms with Crippen LogP contribution in [0.4, 0.5) is 5.69 Å². The summed E-state index contributed by atoms with van der Waals surface area (Å²) in [6, 6.07) is 9.35. The van der Waals surface area contributed by atoms with Crippen LogP contribution in [-0.4, -0.2) is 24.5 Å². The van der Waals surface area contributed by atoms with Crippen LogP contribution in [0.2, 0.25) is 0 Å². The zero-order chi connectivity index (χ0) is 19.7. The maximum absolute atomic E-state index is 12.7. The number of rotatable bonds is 5. The van der Waals surface area contributed by atoms with E-state index in [0.29, 0.717) is 31.6 Å². The lowest BCUT2D eigenvalue weighted by atomic mass is 10.00. The molecular weight excluding hydrogens is 356 g/mol. The third-order valence-electron chi connectivity index (χ3n) is 5.08. The van der Waals surface area contributed by atoms with E-state index in [9.17, 15) is 9.59 Å². The number of nitrogens with one attached hydrogen (secondary N) is 2. The average molecular weight is 380 g/mol. The van der Waals surface area contributed by atoms with Gasteiger partial charge in [0.2, 0.25) is 5.91 Å². The van der Waals surface area contributed by atoms with Gasteiger partial charge in [0.25, 0.3) is 5.91 Å². The quantitative estimate of drug-likeness (QED) is 0.835. The Labute approximate surface area is 164 Å². The van der Waals surface area contributed by atoms with Crippen molar-refractivity contribution in [2.24, 2.45) is 0 Å². The molecule has 0 unspecified atom stereocenters. The first-order chi connectivity index (χ1) is 13.5. The van der Waals surface area contributed by atoms with E-state index in [-0.39, 0.29) is 17.9 Å². The highest BCUT2D eigenvalue weighted by atomic mass is 16.5. The van der Waals surface area contributed by atoms with Crippen molar-refractivity contribution >= 4 is 17.5 Å². The molecule has 2 amide bonds. The average Bonchev–Trinajstić information content (AvgIpc) is 3.04. The second-order valence-corrected chi connectivity index (χ2v) is 7.24. The molecule has 0 saturated heterocycles. The van der Waals surface area contributed by atoms with Gasteiger partial charge in [-0.05, 0) is 56.2 Å². The minimum absolute atomic E-state index is 0.0151. The van der Waals surface area contributed by atoms with Gasteiger partial charge in [0.1, 0.15) is 17.6 Å². The number of fused-ring (bicyclic) bond motifs is 2. The highest BCUT2D eigenvalue weighted by Crippen LogP contribution is 2.35. The largest absolute Gasteiger partial charge is 0.494 e. The molecule has 2 aromatic rings. The van der Waals surface area contributed by atoms with Gasteiger partial charge in [-0.3, -0.25) is 9.59 Å². The van der Waals surface area contributed by atoms with Gasteiger partial charge in [-0.1, -0.05) is 0 Å². The fourth-order valence-corrected chi connectivity index (χ4v) is 3.71. The SMILES string of the molecule is CCOc1cc2c(cc1CNC(=O)c1ccc3c(c1)CCC(=O)N3)O[C@H](C)C2. The molecule has 2 aliphatic heterocycles. The van der Waals surface area contributed by atoms with Gasteiger partial charge >= 0.3 is 0 Å². The molecule has 0 radical (unpaired) electrons. The van der Waals surface area contributed by atoms with E-state index in [4.69, 9.17) is 9.47 Å². The lowest BCUT2D eigenvalue weighted by Gasteiger charge is -2.17. The van der Waals surface area contributed by atoms with Gasteiger partial charge in [-0.15, -0.1) is 0 Å². The molecule has 146 valence electrons. The van der Waals surface area contributed by atoms with Crippen molar-refractivity contribution < 1.29 is 19.1 Å². The molecule has 2 aromatic carbocycles. The normalized spacial score (nSPS) is 17.2. The Balaban J connectivity index is 1.49. The third-order valence-corrected chi connectivity index (χ3v) is 5.08. The first-order valence-corrected chi connectivity index (χ1v) is 9.69. The maximum atomic E-state index is 12.7. The highest BCUT2D eigenvalue weighted by Gasteiger charge is 2.22. The minimum Gasteiger partial charge on any atom is -0.494 e. The van der Waals surface area contributed by atoms with E-state index in [1.54, 1.807) is 12.1 Å². The first-order valence-electron chi connectivity index (χ1n) is 9.69. The van der Waals surface area contributed by atoms with Crippen LogP contribution in [0, 0.1) is 0 Å². The maximum Gasteiger partial charge on any atom is 0.251 e. The Morgan fingerprint density at radius 3 is 2.93 bits per heavy atom. The molecule has 4 rings (SSSR count). The van der Waals surface area contributed by atoms with Crippen LogP contribution < -0.4 is 20.1 Å². The fraction of sp³-hybridized carbons (Fsp3) is 0.364. The summed E-state index contributed by atoms with van der Waals surface area (Å²) in [7, 11) is 0. The number of ether oxygens (including phenoxy) is 2. The summed E-state index contributed by atoms with van der Waals surface area (Å²) >= 11 is 0. The van der Waals surface area contributed by atoms with E-state index in [1.807, 2.05) is 32.0 Å². The molecule has 0 aliphatic carbocycles. The predicted octanol–water partition coefficient (Wildman–Crippen LogP) is 3.22. The minimum atomic E-state index is -0.156. The lowest BCUT2D eigenvalue weighted by Crippen LogP contribution is -2.24. The zero-order valence-corrected chi connectivity index (χ0v) is 16.1. The van der Waals surface area contributed by atoms with Gasteiger partial charge in [-0.25, -0.2) is 0 Å². The number of benzene rings is 2. The van der Waals surface area contributed by atoms with Crippen LogP contribution in [-0.2, 0) is 24.2 Å². The van der Waals surface area contributed by atoms with Crippen molar-refractivity contribution in [1.29, 1.82) is 0 Å². The number of hydrogen-bond acceptors (Lipinski definition) is 4. The van der Waals surface area contributed by atoms with E-state index >= 15 is 0 Å². The van der Waals surface area contributed by atoms with Gasteiger partial charge < -0.3 is 20.1 Å². The summed E-state index contributed by atoms with van der Waals surface area (Å²) in [5.41, 5.74) is 4.40. The van der Waals surface area contributed by atoms with Crippen LogP contribution in [0.1, 0.15) is 47.3 Å². The number of hydrogen-bond donors (Lipinski definition) is 2. The molecule has 28 heavy (non-hydrogen) atoms. The molecule has 2 aliphatic rings. The van der Waals surface area contributed by atoms with Gasteiger partial charge in [0, 0.05) is 41.8 Å². The van der Waals surface area contributed by atoms with Crippen LogP contribution in [0.3, 0.4) is 0 Å². The van der Waals surface area contributed by atoms with Crippen molar-refractivity contribution in [3.05, 3.63) is 52.6 Å². The first kappa shape index (κ1) is 18.3. The topological polar surface area (TPSA) is 76.7 Å². The molecule has 2 heterocycles. The van der Waals surface area contributed by atoms with Gasteiger partial charge in [0.15, 0.2) is 0 Å². The summed E-state index contributed by atoms with van der Waals surface area (Å²) in [6.07, 6.45) is 2.12. The summed E-state index contributed by atoms with van der Waals surface area (Å²) in [5.74, 6) is 1.51. The molecule has 0 spiro atoms. The van der Waals surface area contributed by atoms with E-state index < -0.39 is 0 Å². The number of carbonyl (C=O) groups excluding carboxylic acids is 2. The predicted molar refractivity (Wildman–Crippen MR) is 106 cm³/mol. The van der Waals surface area contributed by atoms with Crippen molar-refractivity contribution in [2.75, 3.05) is 11.9 Å². The Morgan fingerprint density at radius 2 is 2.11 bits per heavy atom. The second kappa shape index (κ2) is 7.54. The van der Waals surface area contributed by atoms with E-state index in [2.05, 4.69) is 10.6 Å². The monoisotopic (exact) mass is 380 g/mol. The Kier molecular flexibility index (Phi) is 4.94. The molecule has 0 saturated carbocycles. The standard InChI is InChI=1S/C22H24N2O4/c1-3-27-19-10-16-8-13(2)28-20(16)11-17(19)12-23-22(26)15-4-6-18-14(9-15)5-7-21(25)24-18/h4,6,9-11,13H,3,5,7-8,12H2,1-2H3,(H,23,26)(H,24,25)/t13-/m1/s1. The number of aryl methyl sites for hydroxylation is 1. The van der Waals surface area contributed by atoms with Crippen molar-refractivity contribution in [2.45, 2.75) is 45.8 Å². The second-order valence-electron chi connectivity index (χ2n) is 7.24. The van der Waals surface area contributed by atoms with Gasteiger partial charge in [0.05, 0.1) is 6.61 Å². The van der Waals surface area contributed by atoms with Crippen LogP contribution >= 0.6 is 0 Å². The Bertz CT molecular complexity index is 938. The summed E-state index contributed by atoms with van der Waals surface area (Å²) in [4.78, 5) is 24.1. The third kappa shape index (κ3) is 3.67. The molecule has 0 bridgehead atoms. The summed E-state index contributed by atoms with van der Waals surface area (Å²) in [6.45, 7) is 4.90. The van der Waals surface area contributed by atoms with Crippen molar-refractivity contribution in [3.63, 3.8) is 0 Å². The number of carbonyl (C=O) groups is 2. The Hall–Kier alpha value is -3.02. The molecule has 6 nitrogen and oxygen atoms in total. The molecule has 1 atom stereocenters. The van der Waals surface area contributed by atoms with Crippen LogP contribution in [0.5, 0.6) is 11.5 Å². The van der Waals surface area contributed by atoms with Crippen LogP contribution in [0.25, 0.3) is 0 Å². The smallest absolute Gasteiger partial charge is 0.251 e. The van der Waals surface area contributed by atoms with Crippen molar-refractivity contribution in [1.82, 2.24) is 5.32 Å². The molecule has 0 aromatic heterocycles. The number of amides is 2. The number of anilines is 1. The molecule has 2 N–H and O–H groups in total. The molecular formula is C22H24N2O4. The zero-order valence-electron chi connectivity index (χ0n) is 16.1. The highest BCUT2D eigenvalue weighted by molar-refractivity contribution is 5.97. The molecule has 0 fully saturated rings.